The van der Waals surface area contributed by atoms with E-state index in [0.29, 0.717) is 5.88 Å². The van der Waals surface area contributed by atoms with Crippen LogP contribution in [0.3, 0.4) is 0 Å². The Morgan fingerprint density at radius 3 is 2.60 bits per heavy atom. The lowest BCUT2D eigenvalue weighted by Gasteiger charge is -2.16. The molecule has 0 aromatic heterocycles. The summed E-state index contributed by atoms with van der Waals surface area (Å²) in [5, 5.41) is 11.6. The third-order valence-electron chi connectivity index (χ3n) is 1.16. The number of alkyl halides is 1. The van der Waals surface area contributed by atoms with Crippen LogP contribution in [0.2, 0.25) is 0 Å². The molecular weight excluding hydrogens is 148 g/mol. The molecule has 0 atom stereocenters. The lowest BCUT2D eigenvalue weighted by Crippen LogP contribution is -2.38. The Hall–Kier alpha value is -0.260. The Labute approximate surface area is 67.2 Å². The molecule has 0 saturated heterocycles. The second-order valence-corrected chi connectivity index (χ2v) is 3.08. The van der Waals surface area contributed by atoms with Crippen LogP contribution in [-0.4, -0.2) is 18.0 Å². The van der Waals surface area contributed by atoms with E-state index in [4.69, 9.17) is 16.9 Å². The monoisotopic (exact) mass is 160 g/mol. The number of halogens is 1. The van der Waals surface area contributed by atoms with E-state index in [1.807, 2.05) is 13.8 Å². The van der Waals surface area contributed by atoms with E-state index in [2.05, 4.69) is 11.4 Å². The predicted molar refractivity (Wildman–Crippen MR) is 43.0 cm³/mol. The molecule has 0 aliphatic carbocycles. The van der Waals surface area contributed by atoms with Gasteiger partial charge in [0.25, 0.3) is 0 Å². The molecule has 0 amide bonds. The Balaban J connectivity index is 3.40. The fourth-order valence-corrected chi connectivity index (χ4v) is 0.641. The third-order valence-corrected chi connectivity index (χ3v) is 1.42. The van der Waals surface area contributed by atoms with Crippen molar-refractivity contribution in [3.8, 4) is 6.07 Å². The molecule has 2 nitrogen and oxygen atoms in total. The summed E-state index contributed by atoms with van der Waals surface area (Å²) in [6.07, 6.45) is 0.909. The zero-order valence-electron chi connectivity index (χ0n) is 6.45. The summed E-state index contributed by atoms with van der Waals surface area (Å²) in [5.74, 6) is 0.647. The van der Waals surface area contributed by atoms with E-state index < -0.39 is 5.54 Å². The van der Waals surface area contributed by atoms with Gasteiger partial charge >= 0.3 is 0 Å². The Morgan fingerprint density at radius 1 is 1.60 bits per heavy atom. The van der Waals surface area contributed by atoms with Crippen molar-refractivity contribution in [3.63, 3.8) is 0 Å². The van der Waals surface area contributed by atoms with Gasteiger partial charge in [0.2, 0.25) is 0 Å². The number of hydrogen-bond donors (Lipinski definition) is 1. The molecular formula is C7H13ClN2. The summed E-state index contributed by atoms with van der Waals surface area (Å²) in [6.45, 7) is 4.51. The molecule has 0 aliphatic heterocycles. The molecule has 0 unspecified atom stereocenters. The Bertz CT molecular complexity index is 126. The van der Waals surface area contributed by atoms with Gasteiger partial charge in [-0.3, -0.25) is 5.32 Å². The molecule has 0 heterocycles. The smallest absolute Gasteiger partial charge is 0.101 e. The summed E-state index contributed by atoms with van der Waals surface area (Å²) in [7, 11) is 0. The van der Waals surface area contributed by atoms with Crippen molar-refractivity contribution >= 4 is 11.6 Å². The number of rotatable bonds is 4. The van der Waals surface area contributed by atoms with Crippen LogP contribution in [0.15, 0.2) is 0 Å². The first-order valence-electron chi connectivity index (χ1n) is 3.34. The topological polar surface area (TPSA) is 35.8 Å². The molecule has 0 bridgehead atoms. The summed E-state index contributed by atoms with van der Waals surface area (Å²) in [4.78, 5) is 0. The van der Waals surface area contributed by atoms with Gasteiger partial charge in [0.15, 0.2) is 0 Å². The van der Waals surface area contributed by atoms with E-state index >= 15 is 0 Å². The molecule has 0 spiro atoms. The van der Waals surface area contributed by atoms with Gasteiger partial charge in [-0.1, -0.05) is 0 Å². The fraction of sp³-hybridized carbons (Fsp3) is 0.857. The molecule has 3 heteroatoms. The van der Waals surface area contributed by atoms with Crippen molar-refractivity contribution in [1.29, 1.82) is 5.26 Å². The molecule has 0 aliphatic rings. The lowest BCUT2D eigenvalue weighted by molar-refractivity contribution is 0.487. The van der Waals surface area contributed by atoms with Crippen LogP contribution in [-0.2, 0) is 0 Å². The van der Waals surface area contributed by atoms with Crippen LogP contribution in [0.1, 0.15) is 20.3 Å². The van der Waals surface area contributed by atoms with Gasteiger partial charge in [0.05, 0.1) is 6.07 Å². The van der Waals surface area contributed by atoms with Gasteiger partial charge in [-0.25, -0.2) is 0 Å². The largest absolute Gasteiger partial charge is 0.300 e. The zero-order valence-corrected chi connectivity index (χ0v) is 7.20. The van der Waals surface area contributed by atoms with Crippen LogP contribution < -0.4 is 5.32 Å². The quantitative estimate of drug-likeness (QED) is 0.500. The maximum Gasteiger partial charge on any atom is 0.101 e. The molecule has 58 valence electrons. The van der Waals surface area contributed by atoms with E-state index in [1.165, 1.54) is 0 Å². The first-order valence-corrected chi connectivity index (χ1v) is 3.88. The minimum Gasteiger partial charge on any atom is -0.300 e. The maximum atomic E-state index is 8.55. The van der Waals surface area contributed by atoms with Crippen molar-refractivity contribution in [2.45, 2.75) is 25.8 Å². The molecule has 1 N–H and O–H groups in total. The second kappa shape index (κ2) is 4.54. The van der Waals surface area contributed by atoms with Crippen LogP contribution in [0.4, 0.5) is 0 Å². The summed E-state index contributed by atoms with van der Waals surface area (Å²) >= 11 is 5.45. The van der Waals surface area contributed by atoms with Crippen LogP contribution >= 0.6 is 11.6 Å². The highest BCUT2D eigenvalue weighted by Crippen LogP contribution is 1.98. The van der Waals surface area contributed by atoms with Crippen LogP contribution in [0.25, 0.3) is 0 Å². The van der Waals surface area contributed by atoms with Gasteiger partial charge in [-0.05, 0) is 26.8 Å². The minimum atomic E-state index is -0.411. The highest BCUT2D eigenvalue weighted by molar-refractivity contribution is 6.17. The Kier molecular flexibility index (Phi) is 4.42. The highest BCUT2D eigenvalue weighted by Gasteiger charge is 2.13. The third kappa shape index (κ3) is 4.60. The van der Waals surface area contributed by atoms with Crippen molar-refractivity contribution in [1.82, 2.24) is 5.32 Å². The van der Waals surface area contributed by atoms with Gasteiger partial charge in [0, 0.05) is 5.88 Å². The predicted octanol–water partition coefficient (Wildman–Crippen LogP) is 1.51. The zero-order chi connectivity index (χ0) is 8.04. The second-order valence-electron chi connectivity index (χ2n) is 2.71. The average Bonchev–Trinajstić information content (AvgIpc) is 1.89. The molecule has 0 aromatic rings. The molecule has 0 rings (SSSR count). The van der Waals surface area contributed by atoms with Gasteiger partial charge in [-0.2, -0.15) is 5.26 Å². The summed E-state index contributed by atoms with van der Waals surface area (Å²) < 4.78 is 0. The Morgan fingerprint density at radius 2 is 2.20 bits per heavy atom. The first kappa shape index (κ1) is 9.74. The van der Waals surface area contributed by atoms with Gasteiger partial charge < -0.3 is 0 Å². The van der Waals surface area contributed by atoms with Crippen LogP contribution in [0, 0.1) is 11.3 Å². The molecule has 0 fully saturated rings. The SMILES string of the molecule is CC(C)(C#N)NCCCCl. The van der Waals surface area contributed by atoms with E-state index in [9.17, 15) is 0 Å². The molecule has 10 heavy (non-hydrogen) atoms. The maximum absolute atomic E-state index is 8.55. The van der Waals surface area contributed by atoms with E-state index in [-0.39, 0.29) is 0 Å². The molecule has 0 radical (unpaired) electrons. The van der Waals surface area contributed by atoms with E-state index in [0.717, 1.165) is 13.0 Å². The van der Waals surface area contributed by atoms with Gasteiger partial charge in [-0.15, -0.1) is 11.6 Å². The first-order chi connectivity index (χ1) is 4.62. The van der Waals surface area contributed by atoms with E-state index in [1.54, 1.807) is 0 Å². The number of nitrogens with zero attached hydrogens (tertiary/aromatic N) is 1. The van der Waals surface area contributed by atoms with Crippen molar-refractivity contribution in [2.75, 3.05) is 12.4 Å². The summed E-state index contributed by atoms with van der Waals surface area (Å²) in [6, 6.07) is 2.15. The fourth-order valence-electron chi connectivity index (χ4n) is 0.507. The normalized spacial score (nSPS) is 11.0. The summed E-state index contributed by atoms with van der Waals surface area (Å²) in [5.41, 5.74) is -0.411. The van der Waals surface area contributed by atoms with Crippen molar-refractivity contribution in [2.24, 2.45) is 0 Å². The molecule has 0 aromatic carbocycles. The highest BCUT2D eigenvalue weighted by atomic mass is 35.5. The number of nitriles is 1. The average molecular weight is 161 g/mol. The minimum absolute atomic E-state index is 0.411. The van der Waals surface area contributed by atoms with Crippen LogP contribution in [0.5, 0.6) is 0 Å². The lowest BCUT2D eigenvalue weighted by atomic mass is 10.1. The van der Waals surface area contributed by atoms with Crippen molar-refractivity contribution < 1.29 is 0 Å². The standard InChI is InChI=1S/C7H13ClN2/c1-7(2,6-9)10-5-3-4-8/h10H,3-5H2,1-2H3. The molecule has 0 saturated carbocycles. The number of nitrogens with one attached hydrogen (secondary N) is 1. The number of hydrogen-bond acceptors (Lipinski definition) is 2. The van der Waals surface area contributed by atoms with Gasteiger partial charge in [0.1, 0.15) is 5.54 Å². The van der Waals surface area contributed by atoms with Crippen molar-refractivity contribution in [3.05, 3.63) is 0 Å².